The first-order chi connectivity index (χ1) is 8.56. The molecule has 0 aromatic carbocycles. The van der Waals surface area contributed by atoms with E-state index in [4.69, 9.17) is 16.0 Å². The normalized spacial score (nSPS) is 10.4. The fraction of sp³-hybridized carbons (Fsp3) is 0.231. The van der Waals surface area contributed by atoms with Gasteiger partial charge in [-0.1, -0.05) is 11.6 Å². The fourth-order valence-electron chi connectivity index (χ4n) is 1.59. The van der Waals surface area contributed by atoms with E-state index in [0.29, 0.717) is 17.3 Å². The SMILES string of the molecule is Cc1ccc(CN(C)C(=O)c2cc(Cl)ccn2)o1. The number of halogens is 1. The van der Waals surface area contributed by atoms with Gasteiger partial charge in [-0.25, -0.2) is 0 Å². The summed E-state index contributed by atoms with van der Waals surface area (Å²) in [5, 5.41) is 0.496. The smallest absolute Gasteiger partial charge is 0.272 e. The van der Waals surface area contributed by atoms with Gasteiger partial charge < -0.3 is 9.32 Å². The lowest BCUT2D eigenvalue weighted by Gasteiger charge is -2.15. The molecule has 5 heteroatoms. The zero-order chi connectivity index (χ0) is 13.1. The molecule has 0 radical (unpaired) electrons. The van der Waals surface area contributed by atoms with Crippen molar-refractivity contribution in [3.05, 3.63) is 52.7 Å². The molecule has 2 heterocycles. The van der Waals surface area contributed by atoms with Gasteiger partial charge in [0.15, 0.2) is 0 Å². The standard InChI is InChI=1S/C13H13ClN2O2/c1-9-3-4-11(18-9)8-16(2)13(17)12-7-10(14)5-6-15-12/h3-7H,8H2,1-2H3. The zero-order valence-corrected chi connectivity index (χ0v) is 10.9. The summed E-state index contributed by atoms with van der Waals surface area (Å²) >= 11 is 5.83. The number of aryl methyl sites for hydroxylation is 1. The average molecular weight is 265 g/mol. The van der Waals surface area contributed by atoms with Crippen molar-refractivity contribution in [1.29, 1.82) is 0 Å². The average Bonchev–Trinajstić information content (AvgIpc) is 2.73. The van der Waals surface area contributed by atoms with Crippen LogP contribution in [0.5, 0.6) is 0 Å². The highest BCUT2D eigenvalue weighted by atomic mass is 35.5. The van der Waals surface area contributed by atoms with Gasteiger partial charge in [0, 0.05) is 18.3 Å². The van der Waals surface area contributed by atoms with Gasteiger partial charge in [-0.3, -0.25) is 9.78 Å². The number of hydrogen-bond acceptors (Lipinski definition) is 3. The zero-order valence-electron chi connectivity index (χ0n) is 10.2. The maximum atomic E-state index is 12.1. The van der Waals surface area contributed by atoms with Crippen LogP contribution in [0.4, 0.5) is 0 Å². The predicted octanol–water partition coefficient (Wildman–Crippen LogP) is 2.91. The van der Waals surface area contributed by atoms with E-state index >= 15 is 0 Å². The first kappa shape index (κ1) is 12.6. The van der Waals surface area contributed by atoms with Gasteiger partial charge in [-0.15, -0.1) is 0 Å². The van der Waals surface area contributed by atoms with E-state index in [2.05, 4.69) is 4.98 Å². The second-order valence-electron chi connectivity index (χ2n) is 4.03. The van der Waals surface area contributed by atoms with Crippen LogP contribution in [0.3, 0.4) is 0 Å². The Morgan fingerprint density at radius 2 is 2.22 bits per heavy atom. The Morgan fingerprint density at radius 1 is 1.44 bits per heavy atom. The second-order valence-corrected chi connectivity index (χ2v) is 4.47. The van der Waals surface area contributed by atoms with E-state index < -0.39 is 0 Å². The summed E-state index contributed by atoms with van der Waals surface area (Å²) in [5.41, 5.74) is 0.327. The molecule has 2 aromatic rings. The molecule has 0 saturated heterocycles. The van der Waals surface area contributed by atoms with E-state index in [-0.39, 0.29) is 5.91 Å². The summed E-state index contributed by atoms with van der Waals surface area (Å²) in [4.78, 5) is 17.6. The summed E-state index contributed by atoms with van der Waals surface area (Å²) < 4.78 is 5.42. The molecule has 18 heavy (non-hydrogen) atoms. The van der Waals surface area contributed by atoms with Crippen LogP contribution in [0.15, 0.2) is 34.9 Å². The Balaban J connectivity index is 2.09. The predicted molar refractivity (Wildman–Crippen MR) is 68.5 cm³/mol. The molecule has 0 N–H and O–H groups in total. The molecular formula is C13H13ClN2O2. The van der Waals surface area contributed by atoms with Gasteiger partial charge in [0.25, 0.3) is 5.91 Å². The summed E-state index contributed by atoms with van der Waals surface area (Å²) in [6, 6.07) is 6.90. The molecule has 0 aliphatic rings. The third kappa shape index (κ3) is 2.90. The Morgan fingerprint density at radius 3 is 2.83 bits per heavy atom. The van der Waals surface area contributed by atoms with Crippen molar-refractivity contribution < 1.29 is 9.21 Å². The quantitative estimate of drug-likeness (QED) is 0.856. The molecule has 2 aromatic heterocycles. The van der Waals surface area contributed by atoms with Crippen molar-refractivity contribution in [3.63, 3.8) is 0 Å². The Labute approximate surface area is 110 Å². The molecule has 0 aliphatic heterocycles. The van der Waals surface area contributed by atoms with E-state index in [1.807, 2.05) is 19.1 Å². The van der Waals surface area contributed by atoms with E-state index in [1.165, 1.54) is 11.1 Å². The third-order valence-corrected chi connectivity index (χ3v) is 2.71. The molecule has 1 amide bonds. The van der Waals surface area contributed by atoms with Crippen LogP contribution in [0.25, 0.3) is 0 Å². The van der Waals surface area contributed by atoms with Crippen molar-refractivity contribution >= 4 is 17.5 Å². The van der Waals surface area contributed by atoms with E-state index in [1.54, 1.807) is 19.2 Å². The van der Waals surface area contributed by atoms with Gasteiger partial charge in [0.1, 0.15) is 17.2 Å². The van der Waals surface area contributed by atoms with Crippen LogP contribution < -0.4 is 0 Å². The molecular weight excluding hydrogens is 252 g/mol. The minimum atomic E-state index is -0.188. The van der Waals surface area contributed by atoms with Gasteiger partial charge in [-0.05, 0) is 31.2 Å². The van der Waals surface area contributed by atoms with Crippen LogP contribution in [0.1, 0.15) is 22.0 Å². The Hall–Kier alpha value is -1.81. The van der Waals surface area contributed by atoms with Gasteiger partial charge >= 0.3 is 0 Å². The molecule has 0 spiro atoms. The first-order valence-electron chi connectivity index (χ1n) is 5.48. The van der Waals surface area contributed by atoms with Crippen molar-refractivity contribution in [2.75, 3.05) is 7.05 Å². The van der Waals surface area contributed by atoms with Crippen molar-refractivity contribution in [1.82, 2.24) is 9.88 Å². The molecule has 0 fully saturated rings. The monoisotopic (exact) mass is 264 g/mol. The molecule has 0 unspecified atom stereocenters. The van der Waals surface area contributed by atoms with Crippen LogP contribution in [-0.4, -0.2) is 22.8 Å². The number of rotatable bonds is 3. The number of carbonyl (C=O) groups is 1. The number of furan rings is 1. The van der Waals surface area contributed by atoms with Crippen LogP contribution >= 0.6 is 11.6 Å². The minimum Gasteiger partial charge on any atom is -0.464 e. The van der Waals surface area contributed by atoms with E-state index in [9.17, 15) is 4.79 Å². The highest BCUT2D eigenvalue weighted by molar-refractivity contribution is 6.30. The van der Waals surface area contributed by atoms with Crippen LogP contribution in [0, 0.1) is 6.92 Å². The fourth-order valence-corrected chi connectivity index (χ4v) is 1.75. The maximum absolute atomic E-state index is 12.1. The lowest BCUT2D eigenvalue weighted by molar-refractivity contribution is 0.0769. The van der Waals surface area contributed by atoms with Crippen molar-refractivity contribution in [2.24, 2.45) is 0 Å². The van der Waals surface area contributed by atoms with Crippen LogP contribution in [-0.2, 0) is 6.54 Å². The minimum absolute atomic E-state index is 0.188. The highest BCUT2D eigenvalue weighted by Crippen LogP contribution is 2.13. The topological polar surface area (TPSA) is 46.3 Å². The Bertz CT molecular complexity index is 566. The third-order valence-electron chi connectivity index (χ3n) is 2.48. The molecule has 0 atom stereocenters. The maximum Gasteiger partial charge on any atom is 0.272 e. The Kier molecular flexibility index (Phi) is 3.67. The summed E-state index contributed by atoms with van der Waals surface area (Å²) in [5.74, 6) is 1.38. The number of nitrogens with zero attached hydrogens (tertiary/aromatic N) is 2. The number of carbonyl (C=O) groups excluding carboxylic acids is 1. The molecule has 4 nitrogen and oxygen atoms in total. The molecule has 2 rings (SSSR count). The summed E-state index contributed by atoms with van der Waals surface area (Å²) in [6.45, 7) is 2.27. The number of pyridine rings is 1. The summed E-state index contributed by atoms with van der Waals surface area (Å²) in [7, 11) is 1.70. The largest absolute Gasteiger partial charge is 0.464 e. The van der Waals surface area contributed by atoms with Crippen molar-refractivity contribution in [3.8, 4) is 0 Å². The number of amides is 1. The van der Waals surface area contributed by atoms with Gasteiger partial charge in [-0.2, -0.15) is 0 Å². The molecule has 94 valence electrons. The number of aromatic nitrogens is 1. The molecule has 0 aliphatic carbocycles. The second kappa shape index (κ2) is 5.23. The van der Waals surface area contributed by atoms with Gasteiger partial charge in [0.2, 0.25) is 0 Å². The summed E-state index contributed by atoms with van der Waals surface area (Å²) in [6.07, 6.45) is 1.51. The molecule has 0 bridgehead atoms. The lowest BCUT2D eigenvalue weighted by Crippen LogP contribution is -2.26. The van der Waals surface area contributed by atoms with Crippen molar-refractivity contribution in [2.45, 2.75) is 13.5 Å². The van der Waals surface area contributed by atoms with Crippen LogP contribution in [0.2, 0.25) is 5.02 Å². The van der Waals surface area contributed by atoms with Gasteiger partial charge in [0.05, 0.1) is 6.54 Å². The molecule has 0 saturated carbocycles. The number of hydrogen-bond donors (Lipinski definition) is 0. The first-order valence-corrected chi connectivity index (χ1v) is 5.86. The highest BCUT2D eigenvalue weighted by Gasteiger charge is 2.14. The van der Waals surface area contributed by atoms with E-state index in [0.717, 1.165) is 11.5 Å². The lowest BCUT2D eigenvalue weighted by atomic mass is 10.3.